The molecule has 2 aliphatic heterocycles. The lowest BCUT2D eigenvalue weighted by molar-refractivity contribution is -0.124. The zero-order valence-corrected chi connectivity index (χ0v) is 16.8. The molecule has 2 aliphatic rings. The first kappa shape index (κ1) is 20.1. The summed E-state index contributed by atoms with van der Waals surface area (Å²) in [7, 11) is 0. The summed E-state index contributed by atoms with van der Waals surface area (Å²) in [4.78, 5) is 40.2. The van der Waals surface area contributed by atoms with Gasteiger partial charge in [-0.05, 0) is 56.1 Å². The number of carbonyl (C=O) groups excluding carboxylic acids is 3. The monoisotopic (exact) mass is 380 g/mol. The van der Waals surface area contributed by atoms with Gasteiger partial charge < -0.3 is 9.80 Å². The minimum absolute atomic E-state index is 0.00127. The van der Waals surface area contributed by atoms with Crippen molar-refractivity contribution in [1.29, 1.82) is 0 Å². The molecule has 5 nitrogen and oxygen atoms in total. The second-order valence-electron chi connectivity index (χ2n) is 7.95. The van der Waals surface area contributed by atoms with Crippen molar-refractivity contribution in [3.63, 3.8) is 0 Å². The summed E-state index contributed by atoms with van der Waals surface area (Å²) in [6, 6.07) is 6.88. The number of amides is 2. The number of hydrogen-bond acceptors (Lipinski definition) is 3. The van der Waals surface area contributed by atoms with Gasteiger partial charge in [-0.15, -0.1) is 0 Å². The van der Waals surface area contributed by atoms with Crippen LogP contribution in [0.5, 0.6) is 0 Å². The van der Waals surface area contributed by atoms with Crippen LogP contribution in [0.3, 0.4) is 0 Å². The molecule has 0 atom stereocenters. The first-order valence-corrected chi connectivity index (χ1v) is 10.1. The van der Waals surface area contributed by atoms with Crippen LogP contribution in [-0.2, 0) is 4.79 Å². The Morgan fingerprint density at radius 3 is 2.11 bits per heavy atom. The molecule has 1 spiro atoms. The molecule has 0 radical (unpaired) electrons. The summed E-state index contributed by atoms with van der Waals surface area (Å²) in [6.07, 6.45) is 4.54. The van der Waals surface area contributed by atoms with Gasteiger partial charge in [0.25, 0.3) is 11.8 Å². The molecule has 2 heterocycles. The third-order valence-electron chi connectivity index (χ3n) is 5.95. The van der Waals surface area contributed by atoms with Crippen molar-refractivity contribution in [3.05, 3.63) is 35.4 Å². The maximum Gasteiger partial charge on any atom is 0.298 e. The van der Waals surface area contributed by atoms with E-state index in [0.717, 1.165) is 45.2 Å². The zero-order valence-electron chi connectivity index (χ0n) is 16.8. The van der Waals surface area contributed by atoms with E-state index in [0.29, 0.717) is 24.2 Å². The molecule has 148 valence electrons. The molecular weight excluding hydrogens is 352 g/mol. The minimum Gasteiger partial charge on any atom is -0.339 e. The molecule has 0 aliphatic carbocycles. The van der Waals surface area contributed by atoms with Gasteiger partial charge in [-0.1, -0.05) is 25.0 Å². The van der Waals surface area contributed by atoms with E-state index in [4.69, 9.17) is 0 Å². The molecule has 0 N–H and O–H groups in total. The van der Waals surface area contributed by atoms with Crippen LogP contribution in [0, 0.1) is 17.3 Å². The molecule has 3 rings (SSSR count). The lowest BCUT2D eigenvalue weighted by atomic mass is 9.77. The lowest BCUT2D eigenvalue weighted by Crippen LogP contribution is -2.44. The van der Waals surface area contributed by atoms with Crippen molar-refractivity contribution < 1.29 is 14.4 Å². The van der Waals surface area contributed by atoms with Crippen LogP contribution in [0.15, 0.2) is 24.3 Å². The predicted octanol–water partition coefficient (Wildman–Crippen LogP) is 3.15. The number of likely N-dealkylation sites (tertiary alicyclic amines) is 2. The molecule has 5 heteroatoms. The Kier molecular flexibility index (Phi) is 6.18. The molecule has 1 aromatic rings. The summed E-state index contributed by atoms with van der Waals surface area (Å²) >= 11 is 0. The largest absolute Gasteiger partial charge is 0.339 e. The molecule has 2 saturated heterocycles. The number of hydrogen-bond donors (Lipinski definition) is 0. The average molecular weight is 380 g/mol. The Labute approximate surface area is 167 Å². The average Bonchev–Trinajstić information content (AvgIpc) is 3.12. The standard InChI is InChI=1S/C23H28N2O3/c1-3-4-5-6-21(27)25-16-13-23(17-25)11-14-24(15-12-23)22(28)20-9-7-19(8-10-20)18(2)26/h7-10H,3-4,11-17H2,1-2H3. The molecule has 2 amide bonds. The number of piperidine rings is 1. The van der Waals surface area contributed by atoms with Crippen molar-refractivity contribution in [2.75, 3.05) is 26.2 Å². The molecule has 0 bridgehead atoms. The summed E-state index contributed by atoms with van der Waals surface area (Å²) in [6.45, 7) is 6.50. The van der Waals surface area contributed by atoms with Gasteiger partial charge in [-0.2, -0.15) is 0 Å². The van der Waals surface area contributed by atoms with Gasteiger partial charge in [0, 0.05) is 43.7 Å². The van der Waals surface area contributed by atoms with Gasteiger partial charge >= 0.3 is 0 Å². The second kappa shape index (κ2) is 8.60. The maximum atomic E-state index is 12.8. The first-order valence-electron chi connectivity index (χ1n) is 10.1. The predicted molar refractivity (Wildman–Crippen MR) is 108 cm³/mol. The highest BCUT2D eigenvalue weighted by Gasteiger charge is 2.42. The Morgan fingerprint density at radius 1 is 0.964 bits per heavy atom. The van der Waals surface area contributed by atoms with Crippen LogP contribution >= 0.6 is 0 Å². The lowest BCUT2D eigenvalue weighted by Gasteiger charge is -2.39. The molecule has 0 unspecified atom stereocenters. The van der Waals surface area contributed by atoms with E-state index in [1.807, 2.05) is 9.80 Å². The van der Waals surface area contributed by atoms with Crippen LogP contribution in [0.2, 0.25) is 0 Å². The van der Waals surface area contributed by atoms with Crippen LogP contribution in [0.1, 0.15) is 66.7 Å². The Bertz CT molecular complexity index is 808. The number of rotatable bonds is 3. The normalized spacial score (nSPS) is 17.9. The van der Waals surface area contributed by atoms with E-state index in [1.165, 1.54) is 6.92 Å². The number of Topliss-reactive ketones (excluding diaryl/α,β-unsaturated/α-hetero) is 1. The molecule has 2 fully saturated rings. The van der Waals surface area contributed by atoms with Gasteiger partial charge in [0.15, 0.2) is 5.78 Å². The zero-order chi connectivity index (χ0) is 20.1. The van der Waals surface area contributed by atoms with E-state index in [9.17, 15) is 14.4 Å². The van der Waals surface area contributed by atoms with Gasteiger partial charge in [0.05, 0.1) is 0 Å². The third kappa shape index (κ3) is 4.44. The summed E-state index contributed by atoms with van der Waals surface area (Å²) in [5.41, 5.74) is 1.36. The van der Waals surface area contributed by atoms with Crippen LogP contribution in [0.4, 0.5) is 0 Å². The molecular formula is C23H28N2O3. The van der Waals surface area contributed by atoms with Gasteiger partial charge in [-0.25, -0.2) is 0 Å². The quantitative estimate of drug-likeness (QED) is 0.598. The van der Waals surface area contributed by atoms with E-state index in [1.54, 1.807) is 24.3 Å². The van der Waals surface area contributed by atoms with Crippen molar-refractivity contribution in [2.24, 2.45) is 5.41 Å². The van der Waals surface area contributed by atoms with Crippen LogP contribution in [0.25, 0.3) is 0 Å². The summed E-state index contributed by atoms with van der Waals surface area (Å²) in [5.74, 6) is 5.65. The minimum atomic E-state index is -0.0607. The summed E-state index contributed by atoms with van der Waals surface area (Å²) in [5, 5.41) is 0. The highest BCUT2D eigenvalue weighted by atomic mass is 16.2. The molecule has 0 saturated carbocycles. The van der Waals surface area contributed by atoms with Crippen LogP contribution < -0.4 is 0 Å². The Morgan fingerprint density at radius 2 is 1.54 bits per heavy atom. The number of nitrogens with zero attached hydrogens (tertiary/aromatic N) is 2. The maximum absolute atomic E-state index is 12.8. The van der Waals surface area contributed by atoms with E-state index < -0.39 is 0 Å². The van der Waals surface area contributed by atoms with Crippen molar-refractivity contribution in [1.82, 2.24) is 9.80 Å². The molecule has 0 aromatic heterocycles. The number of carbonyl (C=O) groups is 3. The SMILES string of the molecule is CCCC#CC(=O)N1CCC2(CCN(C(=O)c3ccc(C(C)=O)cc3)CC2)C1. The Balaban J connectivity index is 1.56. The Hall–Kier alpha value is -2.61. The smallest absolute Gasteiger partial charge is 0.298 e. The number of unbranched alkanes of at least 4 members (excludes halogenated alkanes) is 1. The van der Waals surface area contributed by atoms with Gasteiger partial charge in [0.1, 0.15) is 0 Å². The van der Waals surface area contributed by atoms with E-state index in [-0.39, 0.29) is 23.0 Å². The summed E-state index contributed by atoms with van der Waals surface area (Å²) < 4.78 is 0. The fourth-order valence-electron chi connectivity index (χ4n) is 4.07. The fraction of sp³-hybridized carbons (Fsp3) is 0.522. The number of ketones is 1. The van der Waals surface area contributed by atoms with E-state index in [2.05, 4.69) is 18.8 Å². The van der Waals surface area contributed by atoms with E-state index >= 15 is 0 Å². The van der Waals surface area contributed by atoms with Crippen LogP contribution in [-0.4, -0.2) is 53.6 Å². The first-order chi connectivity index (χ1) is 13.4. The van der Waals surface area contributed by atoms with Crippen molar-refractivity contribution in [3.8, 4) is 11.8 Å². The third-order valence-corrected chi connectivity index (χ3v) is 5.95. The van der Waals surface area contributed by atoms with Gasteiger partial charge in [-0.3, -0.25) is 14.4 Å². The fourth-order valence-corrected chi connectivity index (χ4v) is 4.07. The van der Waals surface area contributed by atoms with Gasteiger partial charge in [0.2, 0.25) is 0 Å². The highest BCUT2D eigenvalue weighted by molar-refractivity contribution is 5.97. The molecule has 1 aromatic carbocycles. The molecule has 28 heavy (non-hydrogen) atoms. The highest BCUT2D eigenvalue weighted by Crippen LogP contribution is 2.40. The number of benzene rings is 1. The van der Waals surface area contributed by atoms with Crippen molar-refractivity contribution >= 4 is 17.6 Å². The second-order valence-corrected chi connectivity index (χ2v) is 7.95. The van der Waals surface area contributed by atoms with Crippen molar-refractivity contribution in [2.45, 2.75) is 46.0 Å². The topological polar surface area (TPSA) is 57.7 Å².